The first-order valence-electron chi connectivity index (χ1n) is 12.3. The molecule has 198 valence electrons. The van der Waals surface area contributed by atoms with Crippen molar-refractivity contribution in [1.82, 2.24) is 0 Å². The summed E-state index contributed by atoms with van der Waals surface area (Å²) in [7, 11) is 0. The topological polar surface area (TPSA) is 40.5 Å². The Balaban J connectivity index is 0.000000177. The molecule has 0 unspecified atom stereocenters. The second-order valence-electron chi connectivity index (χ2n) is 8.45. The van der Waals surface area contributed by atoms with Gasteiger partial charge in [0.25, 0.3) is 0 Å². The fraction of sp³-hybridized carbons (Fsp3) is 0.0882. The Labute approximate surface area is 256 Å². The van der Waals surface area contributed by atoms with Crippen LogP contribution in [0, 0.1) is 13.8 Å². The van der Waals surface area contributed by atoms with Gasteiger partial charge in [0.15, 0.2) is 0 Å². The van der Waals surface area contributed by atoms with Gasteiger partial charge in [-0.25, -0.2) is 0 Å². The first-order chi connectivity index (χ1) is 18.7. The Morgan fingerprint density at radius 2 is 0.897 bits per heavy atom. The van der Waals surface area contributed by atoms with Crippen LogP contribution in [0.15, 0.2) is 121 Å². The molecule has 0 aliphatic rings. The van der Waals surface area contributed by atoms with Crippen LogP contribution in [0.1, 0.15) is 18.1 Å². The molecule has 0 aliphatic carbocycles. The third-order valence-corrected chi connectivity index (χ3v) is 5.95. The molecule has 2 nitrogen and oxygen atoms in total. The van der Waals surface area contributed by atoms with Crippen molar-refractivity contribution in [3.05, 3.63) is 142 Å². The van der Waals surface area contributed by atoms with E-state index in [0.717, 1.165) is 0 Å². The first-order valence-corrected chi connectivity index (χ1v) is 14.5. The number of phenols is 2. The van der Waals surface area contributed by atoms with Crippen molar-refractivity contribution in [2.24, 2.45) is 0 Å². The molecule has 39 heavy (non-hydrogen) atoms. The van der Waals surface area contributed by atoms with E-state index < -0.39 is 0 Å². The molecule has 0 bridgehead atoms. The number of rotatable bonds is 0. The van der Waals surface area contributed by atoms with Crippen LogP contribution >= 0.6 is 23.2 Å². The molecule has 5 heteroatoms. The molecule has 0 saturated carbocycles. The minimum absolute atomic E-state index is 0.245. The minimum Gasteiger partial charge on any atom is -0.508 e. The first kappa shape index (κ1) is 32.2. The van der Waals surface area contributed by atoms with Crippen molar-refractivity contribution in [3.63, 3.8) is 0 Å². The van der Waals surface area contributed by atoms with Crippen LogP contribution in [-0.4, -0.2) is 13.9 Å². The Morgan fingerprint density at radius 3 is 1.18 bits per heavy atom. The van der Waals surface area contributed by atoms with E-state index in [1.807, 2.05) is 6.92 Å². The van der Waals surface area contributed by atoms with Crippen LogP contribution in [0.5, 0.6) is 11.5 Å². The molecule has 0 amide bonds. The Bertz CT molecular complexity index is 1370. The summed E-state index contributed by atoms with van der Waals surface area (Å²) < 4.78 is 2.09. The molecular formula is C34H32Cl2O2Zr. The Kier molecular flexibility index (Phi) is 14.5. The van der Waals surface area contributed by atoms with Crippen molar-refractivity contribution in [2.75, 3.05) is 0 Å². The van der Waals surface area contributed by atoms with Gasteiger partial charge in [0.2, 0.25) is 0 Å². The predicted molar refractivity (Wildman–Crippen MR) is 167 cm³/mol. The maximum Gasteiger partial charge on any atom is 0.115 e. The zero-order valence-corrected chi connectivity index (χ0v) is 26.2. The summed E-state index contributed by atoms with van der Waals surface area (Å²) in [6, 6.07) is 38.2. The zero-order valence-electron chi connectivity index (χ0n) is 22.3. The van der Waals surface area contributed by atoms with Crippen molar-refractivity contribution in [3.8, 4) is 11.5 Å². The van der Waals surface area contributed by atoms with Crippen LogP contribution in [0.2, 0.25) is 10.0 Å². The number of halogens is 2. The van der Waals surface area contributed by atoms with E-state index in [0.29, 0.717) is 10.0 Å². The molecule has 6 aromatic rings. The summed E-state index contributed by atoms with van der Waals surface area (Å²) in [6.45, 7) is 6.32. The van der Waals surface area contributed by atoms with Gasteiger partial charge in [0, 0.05) is 10.0 Å². The van der Waals surface area contributed by atoms with Gasteiger partial charge in [-0.1, -0.05) is 49.2 Å². The van der Waals surface area contributed by atoms with Crippen molar-refractivity contribution in [1.29, 1.82) is 0 Å². The average Bonchev–Trinajstić information content (AvgIpc) is 3.52. The number of aromatic hydroxyl groups is 2. The third-order valence-electron chi connectivity index (χ3n) is 5.45. The quantitative estimate of drug-likeness (QED) is 0.163. The van der Waals surface area contributed by atoms with E-state index in [2.05, 4.69) is 90.4 Å². The van der Waals surface area contributed by atoms with Gasteiger partial charge in [-0.15, -0.1) is 70.1 Å². The second kappa shape index (κ2) is 17.6. The number of fused-ring (bicyclic) bond motifs is 2. The predicted octanol–water partition coefficient (Wildman–Crippen LogP) is 10.2. The number of phenolic OH excluding ortho intramolecular Hbond substituents is 2. The van der Waals surface area contributed by atoms with Gasteiger partial charge in [0.1, 0.15) is 11.5 Å². The largest absolute Gasteiger partial charge is 0.508 e. The van der Waals surface area contributed by atoms with E-state index in [9.17, 15) is 0 Å². The van der Waals surface area contributed by atoms with Gasteiger partial charge in [-0.3, -0.25) is 0 Å². The SMILES string of the molecule is C[CH]=[Zr+2].Cc1c[cH-]c2ccccc12.Cc1c[cH-]c2ccccc12.Oc1ccc(Cl)cc1.Oc1ccc(Cl)cc1. The van der Waals surface area contributed by atoms with Crippen LogP contribution in [-0.2, 0) is 24.2 Å². The average molecular weight is 635 g/mol. The van der Waals surface area contributed by atoms with Crippen LogP contribution in [0.25, 0.3) is 21.5 Å². The van der Waals surface area contributed by atoms with Gasteiger partial charge in [-0.2, -0.15) is 23.3 Å². The number of aryl methyl sites for hydroxylation is 2. The molecule has 0 atom stereocenters. The van der Waals surface area contributed by atoms with E-state index in [1.54, 1.807) is 48.5 Å². The molecule has 0 saturated heterocycles. The summed E-state index contributed by atoms with van der Waals surface area (Å²) >= 11 is 12.5. The molecular weight excluding hydrogens is 603 g/mol. The van der Waals surface area contributed by atoms with Crippen LogP contribution in [0.3, 0.4) is 0 Å². The molecule has 6 rings (SSSR count). The fourth-order valence-electron chi connectivity index (χ4n) is 3.49. The van der Waals surface area contributed by atoms with Crippen LogP contribution in [0.4, 0.5) is 0 Å². The van der Waals surface area contributed by atoms with Crippen LogP contribution < -0.4 is 0 Å². The second-order valence-corrected chi connectivity index (χ2v) is 10.7. The molecule has 2 N–H and O–H groups in total. The van der Waals surface area contributed by atoms with Crippen molar-refractivity contribution in [2.45, 2.75) is 20.8 Å². The Morgan fingerprint density at radius 1 is 0.590 bits per heavy atom. The fourth-order valence-corrected chi connectivity index (χ4v) is 3.75. The number of hydrogen-bond acceptors (Lipinski definition) is 2. The van der Waals surface area contributed by atoms with E-state index in [1.165, 1.54) is 56.9 Å². The Hall–Kier alpha value is -2.97. The van der Waals surface area contributed by atoms with Gasteiger partial charge >= 0.3 is 34.9 Å². The molecule has 0 aliphatic heterocycles. The van der Waals surface area contributed by atoms with Gasteiger partial charge in [0.05, 0.1) is 0 Å². The summed E-state index contributed by atoms with van der Waals surface area (Å²) in [4.78, 5) is 0. The zero-order chi connectivity index (χ0) is 28.6. The van der Waals surface area contributed by atoms with Gasteiger partial charge in [-0.05, 0) is 48.5 Å². The standard InChI is InChI=1S/2C10H9.2C6H5ClO.C2H4.Zr/c2*1-8-6-7-9-4-2-3-5-10(8)9;2*7-5-1-3-6(8)4-2-5;1-2;/h2*2-7H,1H3;2*1-4,8H;1H,2H3;/q2*-1;;;;+2. The van der Waals surface area contributed by atoms with E-state index in [-0.39, 0.29) is 11.5 Å². The van der Waals surface area contributed by atoms with E-state index >= 15 is 0 Å². The van der Waals surface area contributed by atoms with Crippen molar-refractivity contribution < 1.29 is 34.4 Å². The number of hydrogen-bond donors (Lipinski definition) is 2. The smallest absolute Gasteiger partial charge is 0.115 e. The summed E-state index contributed by atoms with van der Waals surface area (Å²) in [5, 5.41) is 24.1. The van der Waals surface area contributed by atoms with Crippen molar-refractivity contribution >= 4 is 48.5 Å². The maximum absolute atomic E-state index is 8.70. The third kappa shape index (κ3) is 11.8. The molecule has 0 fully saturated rings. The molecule has 0 aromatic heterocycles. The monoisotopic (exact) mass is 632 g/mol. The maximum atomic E-state index is 8.70. The summed E-state index contributed by atoms with van der Waals surface area (Å²) in [5.74, 6) is 0.490. The normalized spacial score (nSPS) is 9.51. The molecule has 0 spiro atoms. The molecule has 0 radical (unpaired) electrons. The van der Waals surface area contributed by atoms with E-state index in [4.69, 9.17) is 33.4 Å². The number of benzene rings is 4. The summed E-state index contributed by atoms with van der Waals surface area (Å²) in [6.07, 6.45) is 0. The summed E-state index contributed by atoms with van der Waals surface area (Å²) in [5.41, 5.74) is 2.74. The molecule has 6 aromatic carbocycles. The molecule has 0 heterocycles. The minimum atomic E-state index is 0.245. The van der Waals surface area contributed by atoms with Gasteiger partial charge < -0.3 is 10.2 Å².